The van der Waals surface area contributed by atoms with Crippen molar-refractivity contribution < 1.29 is 33.0 Å². The van der Waals surface area contributed by atoms with Crippen molar-refractivity contribution in [2.75, 3.05) is 13.2 Å². The summed E-state index contributed by atoms with van der Waals surface area (Å²) in [4.78, 5) is 25.1. The molecule has 0 atom stereocenters. The third-order valence-electron chi connectivity index (χ3n) is 4.41. The second-order valence-corrected chi connectivity index (χ2v) is 8.65. The van der Waals surface area contributed by atoms with E-state index >= 15 is 0 Å². The lowest BCUT2D eigenvalue weighted by molar-refractivity contribution is -0.137. The Kier molecular flexibility index (Phi) is 7.51. The lowest BCUT2D eigenvalue weighted by Gasteiger charge is -2.07. The number of alkyl halides is 3. The number of hydrogen-bond donors (Lipinski definition) is 4. The van der Waals surface area contributed by atoms with Gasteiger partial charge >= 0.3 is 6.18 Å². The number of hydrogen-bond acceptors (Lipinski definition) is 7. The zero-order valence-electron chi connectivity index (χ0n) is 17.1. The van der Waals surface area contributed by atoms with Crippen molar-refractivity contribution in [3.05, 3.63) is 62.7 Å². The molecule has 0 radical (unpaired) electrons. The molecule has 2 aromatic heterocycles. The molecule has 0 aliphatic heterocycles. The van der Waals surface area contributed by atoms with Crippen LogP contribution >= 0.6 is 22.7 Å². The second kappa shape index (κ2) is 10.1. The van der Waals surface area contributed by atoms with E-state index in [-0.39, 0.29) is 29.5 Å². The van der Waals surface area contributed by atoms with E-state index in [2.05, 4.69) is 15.8 Å². The van der Waals surface area contributed by atoms with Crippen molar-refractivity contribution in [3.63, 3.8) is 0 Å². The number of aromatic hydroxyl groups is 1. The highest BCUT2D eigenvalue weighted by Crippen LogP contribution is 2.40. The van der Waals surface area contributed by atoms with E-state index in [1.165, 1.54) is 24.3 Å². The predicted molar refractivity (Wildman–Crippen MR) is 120 cm³/mol. The number of thiophene rings is 2. The van der Waals surface area contributed by atoms with Crippen LogP contribution in [0.4, 0.5) is 13.2 Å². The minimum absolute atomic E-state index is 0.0976. The standard InChI is InChI=1S/C21H18F3N3O4S2/c1-11(26-27-20(31)16-7-6-15(33-16)19(30)25-8-9-28)14-10-32-18(17(14)29)12-2-4-13(5-3-12)21(22,23)24/h2-7,10,28-29H,8-9H2,1H3,(H,25,30)(H,27,31). The molecule has 3 rings (SSSR count). The number of carbonyl (C=O) groups excluding carboxylic acids is 2. The smallest absolute Gasteiger partial charge is 0.416 e. The summed E-state index contributed by atoms with van der Waals surface area (Å²) in [5.74, 6) is -1.13. The van der Waals surface area contributed by atoms with Gasteiger partial charge in [-0.15, -0.1) is 22.7 Å². The highest BCUT2D eigenvalue weighted by atomic mass is 32.1. The molecule has 0 bridgehead atoms. The minimum atomic E-state index is -4.45. The average molecular weight is 498 g/mol. The van der Waals surface area contributed by atoms with Crippen LogP contribution in [0.5, 0.6) is 5.75 Å². The van der Waals surface area contributed by atoms with Crippen molar-refractivity contribution in [3.8, 4) is 16.2 Å². The largest absolute Gasteiger partial charge is 0.506 e. The lowest BCUT2D eigenvalue weighted by Crippen LogP contribution is -2.25. The molecule has 0 aliphatic carbocycles. The van der Waals surface area contributed by atoms with Crippen molar-refractivity contribution in [2.45, 2.75) is 13.1 Å². The fourth-order valence-electron chi connectivity index (χ4n) is 2.71. The summed E-state index contributed by atoms with van der Waals surface area (Å²) in [6, 6.07) is 7.37. The molecule has 0 fully saturated rings. The van der Waals surface area contributed by atoms with Crippen molar-refractivity contribution in [1.82, 2.24) is 10.7 Å². The van der Waals surface area contributed by atoms with E-state index < -0.39 is 23.6 Å². The highest BCUT2D eigenvalue weighted by Gasteiger charge is 2.30. The van der Waals surface area contributed by atoms with E-state index in [4.69, 9.17) is 5.11 Å². The number of rotatable bonds is 7. The normalized spacial score (nSPS) is 12.0. The topological polar surface area (TPSA) is 111 Å². The van der Waals surface area contributed by atoms with Crippen LogP contribution in [-0.2, 0) is 6.18 Å². The molecule has 0 saturated carbocycles. The maximum absolute atomic E-state index is 12.7. The number of halogens is 3. The number of aliphatic hydroxyl groups is 1. The molecule has 12 heteroatoms. The lowest BCUT2D eigenvalue weighted by atomic mass is 10.1. The van der Waals surface area contributed by atoms with Crippen molar-refractivity contribution in [1.29, 1.82) is 0 Å². The second-order valence-electron chi connectivity index (χ2n) is 6.68. The third-order valence-corrected chi connectivity index (χ3v) is 6.51. The summed E-state index contributed by atoms with van der Waals surface area (Å²) in [5, 5.41) is 27.3. The Hall–Kier alpha value is -3.22. The van der Waals surface area contributed by atoms with Crippen LogP contribution in [0.2, 0.25) is 0 Å². The van der Waals surface area contributed by atoms with Gasteiger partial charge in [0.2, 0.25) is 0 Å². The fourth-order valence-corrected chi connectivity index (χ4v) is 4.54. The number of amides is 2. The molecule has 4 N–H and O–H groups in total. The fraction of sp³-hybridized carbons (Fsp3) is 0.190. The average Bonchev–Trinajstić information content (AvgIpc) is 3.42. The van der Waals surface area contributed by atoms with Crippen LogP contribution in [0.25, 0.3) is 10.4 Å². The Bertz CT molecular complexity index is 1180. The monoisotopic (exact) mass is 497 g/mol. The molecule has 3 aromatic rings. The SMILES string of the molecule is CC(=NNC(=O)c1ccc(C(=O)NCCO)s1)c1csc(-c2ccc(C(F)(F)F)cc2)c1O. The number of carbonyl (C=O) groups is 2. The molecule has 0 aliphatic rings. The van der Waals surface area contributed by atoms with E-state index in [9.17, 15) is 27.9 Å². The van der Waals surface area contributed by atoms with Crippen LogP contribution in [0.15, 0.2) is 46.9 Å². The van der Waals surface area contributed by atoms with Crippen molar-refractivity contribution >= 4 is 40.2 Å². The van der Waals surface area contributed by atoms with Crippen LogP contribution in [0.1, 0.15) is 37.4 Å². The molecular weight excluding hydrogens is 479 g/mol. The Balaban J connectivity index is 1.70. The summed E-state index contributed by atoms with van der Waals surface area (Å²) in [5.41, 5.74) is 2.59. The molecule has 0 unspecified atom stereocenters. The van der Waals surface area contributed by atoms with Crippen LogP contribution in [-0.4, -0.2) is 40.9 Å². The predicted octanol–water partition coefficient (Wildman–Crippen LogP) is 4.08. The van der Waals surface area contributed by atoms with Crippen LogP contribution in [0.3, 0.4) is 0 Å². The van der Waals surface area contributed by atoms with Gasteiger partial charge in [-0.25, -0.2) is 5.43 Å². The van der Waals surface area contributed by atoms with Gasteiger partial charge in [-0.2, -0.15) is 18.3 Å². The first-order valence-corrected chi connectivity index (χ1v) is 11.1. The van der Waals surface area contributed by atoms with Gasteiger partial charge < -0.3 is 15.5 Å². The minimum Gasteiger partial charge on any atom is -0.506 e. The molecule has 1 aromatic carbocycles. The van der Waals surface area contributed by atoms with E-state index in [0.29, 0.717) is 20.9 Å². The zero-order valence-corrected chi connectivity index (χ0v) is 18.7. The summed E-state index contributed by atoms with van der Waals surface area (Å²) < 4.78 is 38.2. The van der Waals surface area contributed by atoms with E-state index in [0.717, 1.165) is 34.8 Å². The Labute approximate surface area is 194 Å². The van der Waals surface area contributed by atoms with E-state index in [1.54, 1.807) is 12.3 Å². The number of benzene rings is 1. The van der Waals surface area contributed by atoms with Gasteiger partial charge in [-0.05, 0) is 36.8 Å². The van der Waals surface area contributed by atoms with E-state index in [1.807, 2.05) is 0 Å². The molecule has 2 amide bonds. The van der Waals surface area contributed by atoms with Crippen LogP contribution < -0.4 is 10.7 Å². The maximum Gasteiger partial charge on any atom is 0.416 e. The first-order valence-electron chi connectivity index (χ1n) is 9.43. The number of nitrogens with one attached hydrogen (secondary N) is 2. The zero-order chi connectivity index (χ0) is 24.2. The summed E-state index contributed by atoms with van der Waals surface area (Å²) in [6.45, 7) is 1.45. The number of aliphatic hydroxyl groups excluding tert-OH is 1. The number of nitrogens with zero attached hydrogens (tertiary/aromatic N) is 1. The van der Waals surface area contributed by atoms with Gasteiger partial charge in [-0.3, -0.25) is 9.59 Å². The highest BCUT2D eigenvalue weighted by molar-refractivity contribution is 7.16. The van der Waals surface area contributed by atoms with Gasteiger partial charge in [0.15, 0.2) is 0 Å². The third kappa shape index (κ3) is 5.78. The quantitative estimate of drug-likeness (QED) is 0.291. The Morgan fingerprint density at radius 3 is 2.30 bits per heavy atom. The summed E-state index contributed by atoms with van der Waals surface area (Å²) in [7, 11) is 0. The molecule has 0 saturated heterocycles. The molecule has 2 heterocycles. The van der Waals surface area contributed by atoms with Gasteiger partial charge in [0.25, 0.3) is 11.8 Å². The molecule has 0 spiro atoms. The summed E-state index contributed by atoms with van der Waals surface area (Å²) in [6.07, 6.45) is -4.45. The molecule has 7 nitrogen and oxygen atoms in total. The van der Waals surface area contributed by atoms with Crippen LogP contribution in [0, 0.1) is 0 Å². The maximum atomic E-state index is 12.7. The van der Waals surface area contributed by atoms with Gasteiger partial charge in [-0.1, -0.05) is 12.1 Å². The summed E-state index contributed by atoms with van der Waals surface area (Å²) >= 11 is 2.08. The molecule has 33 heavy (non-hydrogen) atoms. The van der Waals surface area contributed by atoms with Gasteiger partial charge in [0.1, 0.15) is 5.75 Å². The Morgan fingerprint density at radius 2 is 1.70 bits per heavy atom. The Morgan fingerprint density at radius 1 is 1.06 bits per heavy atom. The molecular formula is C21H18F3N3O4S2. The first-order chi connectivity index (χ1) is 15.6. The molecule has 174 valence electrons. The van der Waals surface area contributed by atoms with Gasteiger partial charge in [0.05, 0.1) is 38.1 Å². The number of hydrazone groups is 1. The first kappa shape index (κ1) is 24.4. The van der Waals surface area contributed by atoms with Gasteiger partial charge in [0, 0.05) is 11.9 Å². The van der Waals surface area contributed by atoms with Crippen molar-refractivity contribution in [2.24, 2.45) is 5.10 Å².